The number of carbonyl (C=O) groups is 1. The number of hydrogen-bond donors (Lipinski definition) is 2. The summed E-state index contributed by atoms with van der Waals surface area (Å²) < 4.78 is 42.7. The van der Waals surface area contributed by atoms with Crippen molar-refractivity contribution in [3.8, 4) is 0 Å². The number of aromatic nitrogens is 1. The summed E-state index contributed by atoms with van der Waals surface area (Å²) in [5.41, 5.74) is 1.47. The number of amides is 1. The van der Waals surface area contributed by atoms with E-state index in [1.54, 1.807) is 18.2 Å². The fraction of sp³-hybridized carbons (Fsp3) is 0.0476. The number of thiazole rings is 1. The predicted octanol–water partition coefficient (Wildman–Crippen LogP) is 5.45. The molecule has 0 fully saturated rings. The number of rotatable bonds is 5. The van der Waals surface area contributed by atoms with Crippen molar-refractivity contribution in [2.75, 3.05) is 10.0 Å². The monoisotopic (exact) mass is 475 g/mol. The van der Waals surface area contributed by atoms with Gasteiger partial charge in [-0.05, 0) is 61.5 Å². The minimum atomic E-state index is -4.24. The molecule has 0 spiro atoms. The normalized spacial score (nSPS) is 11.5. The molecule has 10 heteroatoms. The fourth-order valence-corrected chi connectivity index (χ4v) is 5.17. The number of carbonyl (C=O) groups excluding carboxylic acids is 1. The lowest BCUT2D eigenvalue weighted by Gasteiger charge is -2.11. The lowest BCUT2D eigenvalue weighted by atomic mass is 10.2. The predicted molar refractivity (Wildman–Crippen MR) is 121 cm³/mol. The van der Waals surface area contributed by atoms with Gasteiger partial charge in [0.15, 0.2) is 0 Å². The van der Waals surface area contributed by atoms with Gasteiger partial charge in [-0.25, -0.2) is 17.8 Å². The van der Waals surface area contributed by atoms with Crippen LogP contribution in [0.25, 0.3) is 10.2 Å². The van der Waals surface area contributed by atoms with Gasteiger partial charge in [-0.2, -0.15) is 0 Å². The zero-order valence-corrected chi connectivity index (χ0v) is 18.4. The van der Waals surface area contributed by atoms with Crippen molar-refractivity contribution in [3.63, 3.8) is 0 Å². The second kappa shape index (κ2) is 8.26. The van der Waals surface area contributed by atoms with E-state index in [1.807, 2.05) is 6.92 Å². The Morgan fingerprint density at radius 1 is 1.06 bits per heavy atom. The van der Waals surface area contributed by atoms with Crippen LogP contribution in [-0.2, 0) is 10.0 Å². The summed E-state index contributed by atoms with van der Waals surface area (Å²) in [6, 6.07) is 14.5. The van der Waals surface area contributed by atoms with Crippen molar-refractivity contribution in [3.05, 3.63) is 82.1 Å². The van der Waals surface area contributed by atoms with Crippen LogP contribution < -0.4 is 10.0 Å². The first kappa shape index (κ1) is 21.2. The van der Waals surface area contributed by atoms with Crippen LogP contribution in [0.4, 0.5) is 15.8 Å². The largest absolute Gasteiger partial charge is 0.322 e. The molecule has 1 heterocycles. The minimum absolute atomic E-state index is 0.140. The average Bonchev–Trinajstić information content (AvgIpc) is 3.11. The van der Waals surface area contributed by atoms with Gasteiger partial charge in [0.25, 0.3) is 15.9 Å². The summed E-state index contributed by atoms with van der Waals surface area (Å²) in [6.07, 6.45) is 0. The number of anilines is 2. The molecule has 3 aromatic carbocycles. The zero-order chi connectivity index (χ0) is 22.2. The highest BCUT2D eigenvalue weighted by atomic mass is 35.5. The van der Waals surface area contributed by atoms with E-state index >= 15 is 0 Å². The Labute approximate surface area is 186 Å². The molecule has 0 aliphatic rings. The Kier molecular flexibility index (Phi) is 5.65. The van der Waals surface area contributed by atoms with Gasteiger partial charge in [0, 0.05) is 16.4 Å². The lowest BCUT2D eigenvalue weighted by molar-refractivity contribution is 0.102. The summed E-state index contributed by atoms with van der Waals surface area (Å²) >= 11 is 7.18. The Hall–Kier alpha value is -3.01. The SMILES string of the molecule is Cc1nc2cccc(C(=O)Nc3ccc(F)c(S(=O)(=O)Nc4ccc(Cl)cc4)c3)c2s1. The number of hydrogen-bond acceptors (Lipinski definition) is 5. The summed E-state index contributed by atoms with van der Waals surface area (Å²) in [5.74, 6) is -1.39. The molecule has 1 amide bonds. The van der Waals surface area contributed by atoms with Crippen LogP contribution in [0.15, 0.2) is 65.6 Å². The van der Waals surface area contributed by atoms with E-state index in [9.17, 15) is 17.6 Å². The third-order valence-electron chi connectivity index (χ3n) is 4.34. The van der Waals surface area contributed by atoms with Crippen LogP contribution in [0.5, 0.6) is 0 Å². The molecule has 0 atom stereocenters. The van der Waals surface area contributed by atoms with Crippen LogP contribution in [0.2, 0.25) is 5.02 Å². The number of sulfonamides is 1. The third kappa shape index (κ3) is 4.53. The highest BCUT2D eigenvalue weighted by molar-refractivity contribution is 7.92. The molecule has 6 nitrogen and oxygen atoms in total. The van der Waals surface area contributed by atoms with Gasteiger partial charge in [0.2, 0.25) is 0 Å². The number of benzene rings is 3. The molecular weight excluding hydrogens is 461 g/mol. The van der Waals surface area contributed by atoms with Gasteiger partial charge in [0.1, 0.15) is 10.7 Å². The summed E-state index contributed by atoms with van der Waals surface area (Å²) in [4.78, 5) is 16.6. The molecule has 0 aliphatic carbocycles. The number of fused-ring (bicyclic) bond motifs is 1. The van der Waals surface area contributed by atoms with Gasteiger partial charge in [-0.1, -0.05) is 17.7 Å². The molecular formula is C21H15ClFN3O3S2. The second-order valence-electron chi connectivity index (χ2n) is 6.60. The second-order valence-corrected chi connectivity index (χ2v) is 9.89. The van der Waals surface area contributed by atoms with Crippen molar-refractivity contribution >= 4 is 60.5 Å². The van der Waals surface area contributed by atoms with E-state index in [-0.39, 0.29) is 11.4 Å². The maximum absolute atomic E-state index is 14.3. The molecule has 4 aromatic rings. The van der Waals surface area contributed by atoms with Gasteiger partial charge >= 0.3 is 0 Å². The Balaban J connectivity index is 1.62. The number of nitrogens with one attached hydrogen (secondary N) is 2. The van der Waals surface area contributed by atoms with Crippen LogP contribution in [0.3, 0.4) is 0 Å². The van der Waals surface area contributed by atoms with E-state index in [1.165, 1.54) is 41.7 Å². The maximum atomic E-state index is 14.3. The van der Waals surface area contributed by atoms with E-state index in [0.29, 0.717) is 16.1 Å². The van der Waals surface area contributed by atoms with E-state index < -0.39 is 26.6 Å². The molecule has 0 radical (unpaired) electrons. The highest BCUT2D eigenvalue weighted by Crippen LogP contribution is 2.27. The first-order valence-corrected chi connectivity index (χ1v) is 11.7. The molecule has 0 bridgehead atoms. The molecule has 0 unspecified atom stereocenters. The molecule has 4 rings (SSSR count). The van der Waals surface area contributed by atoms with E-state index in [4.69, 9.17) is 11.6 Å². The highest BCUT2D eigenvalue weighted by Gasteiger charge is 2.21. The van der Waals surface area contributed by atoms with Gasteiger partial charge < -0.3 is 5.32 Å². The zero-order valence-electron chi connectivity index (χ0n) is 16.0. The molecule has 0 saturated heterocycles. The molecule has 0 aliphatic heterocycles. The van der Waals surface area contributed by atoms with Crippen molar-refractivity contribution in [1.29, 1.82) is 0 Å². The average molecular weight is 476 g/mol. The smallest absolute Gasteiger partial charge is 0.264 e. The fourth-order valence-electron chi connectivity index (χ4n) is 2.95. The Morgan fingerprint density at radius 2 is 1.77 bits per heavy atom. The van der Waals surface area contributed by atoms with E-state index in [2.05, 4.69) is 15.0 Å². The molecule has 31 heavy (non-hydrogen) atoms. The summed E-state index contributed by atoms with van der Waals surface area (Å²) in [6.45, 7) is 1.84. The summed E-state index contributed by atoms with van der Waals surface area (Å²) in [5, 5.41) is 3.89. The van der Waals surface area contributed by atoms with Crippen molar-refractivity contribution in [2.45, 2.75) is 11.8 Å². The van der Waals surface area contributed by atoms with Gasteiger partial charge in [-0.15, -0.1) is 11.3 Å². The standard InChI is InChI=1S/C21H15ClFN3O3S2/c1-12-24-18-4-2-3-16(20(18)30-12)21(27)25-15-9-10-17(23)19(11-15)31(28,29)26-14-7-5-13(22)6-8-14/h2-11,26H,1H3,(H,25,27). The quantitative estimate of drug-likeness (QED) is 0.401. The van der Waals surface area contributed by atoms with Gasteiger partial charge in [-0.3, -0.25) is 9.52 Å². The van der Waals surface area contributed by atoms with E-state index in [0.717, 1.165) is 21.8 Å². The van der Waals surface area contributed by atoms with Crippen molar-refractivity contribution < 1.29 is 17.6 Å². The number of halogens is 2. The summed E-state index contributed by atoms with van der Waals surface area (Å²) in [7, 11) is -4.24. The number of nitrogens with zero attached hydrogens (tertiary/aromatic N) is 1. The Bertz CT molecular complexity index is 1400. The number of aryl methyl sites for hydroxylation is 1. The van der Waals surface area contributed by atoms with Crippen LogP contribution in [0, 0.1) is 12.7 Å². The third-order valence-corrected chi connectivity index (χ3v) is 7.01. The van der Waals surface area contributed by atoms with Crippen molar-refractivity contribution in [2.24, 2.45) is 0 Å². The van der Waals surface area contributed by atoms with Crippen LogP contribution in [0.1, 0.15) is 15.4 Å². The molecule has 1 aromatic heterocycles. The molecule has 2 N–H and O–H groups in total. The van der Waals surface area contributed by atoms with Crippen LogP contribution >= 0.6 is 22.9 Å². The maximum Gasteiger partial charge on any atom is 0.264 e. The first-order chi connectivity index (χ1) is 14.7. The topological polar surface area (TPSA) is 88.2 Å². The molecule has 0 saturated carbocycles. The lowest BCUT2D eigenvalue weighted by Crippen LogP contribution is -2.16. The minimum Gasteiger partial charge on any atom is -0.322 e. The Morgan fingerprint density at radius 3 is 2.52 bits per heavy atom. The molecule has 158 valence electrons. The van der Waals surface area contributed by atoms with Gasteiger partial charge in [0.05, 0.1) is 20.8 Å². The first-order valence-electron chi connectivity index (χ1n) is 8.98. The van der Waals surface area contributed by atoms with Crippen LogP contribution in [-0.4, -0.2) is 19.3 Å². The van der Waals surface area contributed by atoms with Crippen molar-refractivity contribution in [1.82, 2.24) is 4.98 Å².